The van der Waals surface area contributed by atoms with E-state index in [1.165, 1.54) is 10.4 Å². The molecule has 5 heteroatoms. The summed E-state index contributed by atoms with van der Waals surface area (Å²) in [5.41, 5.74) is 0. The second kappa shape index (κ2) is 8.29. The van der Waals surface area contributed by atoms with Crippen LogP contribution in [0.25, 0.3) is 0 Å². The number of benzene rings is 2. The Morgan fingerprint density at radius 1 is 1.07 bits per heavy atom. The van der Waals surface area contributed by atoms with Crippen molar-refractivity contribution in [3.8, 4) is 0 Å². The summed E-state index contributed by atoms with van der Waals surface area (Å²) in [4.78, 5) is 11.7. The average molecular weight is 447 g/mol. The van der Waals surface area contributed by atoms with Gasteiger partial charge in [-0.15, -0.1) is 0 Å². The molecular formula is C22H27BrO3Si. The number of hydrogen-bond acceptors (Lipinski definition) is 3. The molecule has 0 saturated carbocycles. The summed E-state index contributed by atoms with van der Waals surface area (Å²) < 4.78 is 12.6. The predicted molar refractivity (Wildman–Crippen MR) is 115 cm³/mol. The normalized spacial score (nSPS) is 19.0. The molecule has 0 aliphatic carbocycles. The SMILES string of the molecule is CC(C)(C)[Si](O[C@H](CBr)[C@@H]1CCC(=O)O1)(c1ccccc1)c1ccccc1. The first-order valence-electron chi connectivity index (χ1n) is 9.43. The summed E-state index contributed by atoms with van der Waals surface area (Å²) in [5, 5.41) is 3.01. The molecule has 27 heavy (non-hydrogen) atoms. The Hall–Kier alpha value is -1.43. The Bertz CT molecular complexity index is 719. The van der Waals surface area contributed by atoms with E-state index in [1.807, 2.05) is 12.1 Å². The molecule has 0 N–H and O–H groups in total. The molecule has 144 valence electrons. The van der Waals surface area contributed by atoms with Gasteiger partial charge in [-0.2, -0.15) is 0 Å². The number of rotatable bonds is 6. The Morgan fingerprint density at radius 3 is 1.96 bits per heavy atom. The molecular weight excluding hydrogens is 420 g/mol. The highest BCUT2D eigenvalue weighted by Gasteiger charge is 2.52. The number of cyclic esters (lactones) is 1. The third-order valence-corrected chi connectivity index (χ3v) is 10.9. The largest absolute Gasteiger partial charge is 0.460 e. The summed E-state index contributed by atoms with van der Waals surface area (Å²) in [6.07, 6.45) is 0.812. The maximum absolute atomic E-state index is 11.7. The van der Waals surface area contributed by atoms with E-state index >= 15 is 0 Å². The van der Waals surface area contributed by atoms with Gasteiger partial charge in [0.1, 0.15) is 6.10 Å². The summed E-state index contributed by atoms with van der Waals surface area (Å²) in [6.45, 7) is 6.77. The topological polar surface area (TPSA) is 35.5 Å². The molecule has 2 aromatic carbocycles. The molecule has 1 aliphatic heterocycles. The van der Waals surface area contributed by atoms with Gasteiger partial charge in [0, 0.05) is 11.8 Å². The number of hydrogen-bond donors (Lipinski definition) is 0. The Balaban J connectivity index is 2.12. The molecule has 2 aromatic rings. The smallest absolute Gasteiger partial charge is 0.306 e. The van der Waals surface area contributed by atoms with Crippen LogP contribution in [0.1, 0.15) is 33.6 Å². The molecule has 3 nitrogen and oxygen atoms in total. The lowest BCUT2D eigenvalue weighted by Gasteiger charge is -2.45. The fraction of sp³-hybridized carbons (Fsp3) is 0.409. The van der Waals surface area contributed by atoms with E-state index < -0.39 is 8.32 Å². The number of esters is 1. The molecule has 3 rings (SSSR count). The summed E-state index contributed by atoms with van der Waals surface area (Å²) >= 11 is 3.62. The van der Waals surface area contributed by atoms with E-state index in [0.717, 1.165) is 0 Å². The van der Waals surface area contributed by atoms with E-state index in [0.29, 0.717) is 18.2 Å². The standard InChI is InChI=1S/C22H27BrO3Si/c1-22(2,3)27(17-10-6-4-7-11-17,18-12-8-5-9-13-18)26-20(16-23)19-14-15-21(24)25-19/h4-13,19-20H,14-16H2,1-3H3/t19-,20+/m0/s1. The van der Waals surface area contributed by atoms with Crippen molar-refractivity contribution >= 4 is 40.6 Å². The lowest BCUT2D eigenvalue weighted by Crippen LogP contribution is -2.68. The lowest BCUT2D eigenvalue weighted by atomic mass is 10.1. The Morgan fingerprint density at radius 2 is 1.59 bits per heavy atom. The molecule has 0 radical (unpaired) electrons. The second-order valence-electron chi connectivity index (χ2n) is 8.04. The van der Waals surface area contributed by atoms with Crippen LogP contribution in [0, 0.1) is 0 Å². The van der Waals surface area contributed by atoms with Crippen molar-refractivity contribution in [3.63, 3.8) is 0 Å². The zero-order chi connectivity index (χ0) is 19.5. The second-order valence-corrected chi connectivity index (χ2v) is 12.9. The van der Waals surface area contributed by atoms with Gasteiger partial charge in [0.15, 0.2) is 0 Å². The minimum atomic E-state index is -2.64. The van der Waals surface area contributed by atoms with E-state index in [-0.39, 0.29) is 23.2 Å². The summed E-state index contributed by atoms with van der Waals surface area (Å²) in [5.74, 6) is -0.128. The van der Waals surface area contributed by atoms with Crippen LogP contribution in [0.2, 0.25) is 5.04 Å². The van der Waals surface area contributed by atoms with E-state index in [9.17, 15) is 4.79 Å². The van der Waals surface area contributed by atoms with Gasteiger partial charge >= 0.3 is 5.97 Å². The molecule has 0 spiro atoms. The quantitative estimate of drug-likeness (QED) is 0.381. The van der Waals surface area contributed by atoms with Crippen molar-refractivity contribution in [2.75, 3.05) is 5.33 Å². The molecule has 1 fully saturated rings. The molecule has 0 aromatic heterocycles. The van der Waals surface area contributed by atoms with Crippen molar-refractivity contribution in [1.82, 2.24) is 0 Å². The van der Waals surface area contributed by atoms with Crippen LogP contribution in [0.3, 0.4) is 0 Å². The number of alkyl halides is 1. The van der Waals surface area contributed by atoms with E-state index in [1.54, 1.807) is 0 Å². The third-order valence-electron chi connectivity index (χ3n) is 5.23. The number of ether oxygens (including phenoxy) is 1. The van der Waals surface area contributed by atoms with Crippen molar-refractivity contribution in [2.24, 2.45) is 0 Å². The van der Waals surface area contributed by atoms with Gasteiger partial charge in [-0.05, 0) is 21.8 Å². The number of carbonyl (C=O) groups is 1. The lowest BCUT2D eigenvalue weighted by molar-refractivity contribution is -0.144. The van der Waals surface area contributed by atoms with Crippen LogP contribution < -0.4 is 10.4 Å². The van der Waals surface area contributed by atoms with Crippen LogP contribution >= 0.6 is 15.9 Å². The maximum atomic E-state index is 11.7. The van der Waals surface area contributed by atoms with Crippen LogP contribution in [0.5, 0.6) is 0 Å². The van der Waals surface area contributed by atoms with Gasteiger partial charge in [-0.3, -0.25) is 4.79 Å². The fourth-order valence-electron chi connectivity index (χ4n) is 3.93. The molecule has 1 heterocycles. The first kappa shape index (κ1) is 20.3. The van der Waals surface area contributed by atoms with Crippen LogP contribution in [-0.4, -0.2) is 31.8 Å². The van der Waals surface area contributed by atoms with E-state index in [2.05, 4.69) is 85.2 Å². The fourth-order valence-corrected chi connectivity index (χ4v) is 9.43. The highest BCUT2D eigenvalue weighted by molar-refractivity contribution is 9.09. The highest BCUT2D eigenvalue weighted by Crippen LogP contribution is 2.38. The average Bonchev–Trinajstić information content (AvgIpc) is 3.09. The summed E-state index contributed by atoms with van der Waals surface area (Å²) in [7, 11) is -2.64. The molecule has 0 unspecified atom stereocenters. The molecule has 2 atom stereocenters. The van der Waals surface area contributed by atoms with Crippen molar-refractivity contribution in [1.29, 1.82) is 0 Å². The molecule has 0 bridgehead atoms. The van der Waals surface area contributed by atoms with Crippen molar-refractivity contribution < 1.29 is 14.0 Å². The van der Waals surface area contributed by atoms with Crippen molar-refractivity contribution in [3.05, 3.63) is 60.7 Å². The summed E-state index contributed by atoms with van der Waals surface area (Å²) in [6, 6.07) is 21.1. The molecule has 1 saturated heterocycles. The van der Waals surface area contributed by atoms with Gasteiger partial charge in [-0.25, -0.2) is 0 Å². The van der Waals surface area contributed by atoms with Crippen LogP contribution in [0.4, 0.5) is 0 Å². The van der Waals surface area contributed by atoms with Gasteiger partial charge in [0.25, 0.3) is 8.32 Å². The van der Waals surface area contributed by atoms with Crippen molar-refractivity contribution in [2.45, 2.75) is 50.9 Å². The maximum Gasteiger partial charge on any atom is 0.306 e. The van der Waals surface area contributed by atoms with E-state index in [4.69, 9.17) is 9.16 Å². The van der Waals surface area contributed by atoms with Crippen LogP contribution in [0.15, 0.2) is 60.7 Å². The first-order chi connectivity index (χ1) is 12.9. The third kappa shape index (κ3) is 4.05. The highest BCUT2D eigenvalue weighted by atomic mass is 79.9. The number of carbonyl (C=O) groups excluding carboxylic acids is 1. The number of halogens is 1. The predicted octanol–water partition coefficient (Wildman–Crippen LogP) is 4.03. The molecule has 0 amide bonds. The minimum absolute atomic E-state index is 0.0985. The monoisotopic (exact) mass is 446 g/mol. The van der Waals surface area contributed by atoms with Crippen LogP contribution in [-0.2, 0) is 14.0 Å². The van der Waals surface area contributed by atoms with Gasteiger partial charge in [0.05, 0.1) is 6.10 Å². The van der Waals surface area contributed by atoms with Gasteiger partial charge < -0.3 is 9.16 Å². The Kier molecular flexibility index (Phi) is 6.24. The van der Waals surface area contributed by atoms with Gasteiger partial charge in [-0.1, -0.05) is 97.4 Å². The van der Waals surface area contributed by atoms with Gasteiger partial charge in [0.2, 0.25) is 0 Å². The first-order valence-corrected chi connectivity index (χ1v) is 12.5. The molecule has 1 aliphatic rings. The Labute approximate surface area is 171 Å². The zero-order valence-electron chi connectivity index (χ0n) is 16.2. The zero-order valence-corrected chi connectivity index (χ0v) is 18.7. The minimum Gasteiger partial charge on any atom is -0.460 e.